The molecule has 0 aromatic rings. The van der Waals surface area contributed by atoms with Gasteiger partial charge in [-0.25, -0.2) is 0 Å². The molecule has 1 saturated heterocycles. The molecule has 98 valence electrons. The highest BCUT2D eigenvalue weighted by atomic mass is 16.5. The monoisotopic (exact) mass is 239 g/mol. The fraction of sp³-hybridized carbons (Fsp3) is 0.923. The van der Waals surface area contributed by atoms with E-state index in [0.717, 1.165) is 45.8 Å². The van der Waals surface area contributed by atoms with Gasteiger partial charge < -0.3 is 10.1 Å². The lowest BCUT2D eigenvalue weighted by Crippen LogP contribution is -2.47. The molecule has 1 fully saturated rings. The van der Waals surface area contributed by atoms with E-state index in [2.05, 4.69) is 22.1 Å². The highest BCUT2D eigenvalue weighted by molar-refractivity contribution is 5.82. The largest absolute Gasteiger partial charge is 0.374 e. The quantitative estimate of drug-likeness (QED) is 0.806. The molecule has 2 aliphatic heterocycles. The topological polar surface area (TPSA) is 36.9 Å². The molecule has 2 aliphatic rings. The fourth-order valence-corrected chi connectivity index (χ4v) is 2.44. The van der Waals surface area contributed by atoms with Crippen molar-refractivity contribution >= 4 is 5.84 Å². The summed E-state index contributed by atoms with van der Waals surface area (Å²) in [6.07, 6.45) is 5.28. The number of amidine groups is 1. The van der Waals surface area contributed by atoms with Crippen molar-refractivity contribution in [1.82, 2.24) is 10.2 Å². The van der Waals surface area contributed by atoms with Crippen molar-refractivity contribution in [2.75, 3.05) is 39.3 Å². The molecule has 0 radical (unpaired) electrons. The second-order valence-electron chi connectivity index (χ2n) is 4.91. The molecule has 4 heteroatoms. The molecule has 0 spiro atoms. The van der Waals surface area contributed by atoms with Gasteiger partial charge in [0.15, 0.2) is 0 Å². The van der Waals surface area contributed by atoms with Gasteiger partial charge in [0.1, 0.15) is 0 Å². The molecule has 0 aromatic heterocycles. The van der Waals surface area contributed by atoms with Gasteiger partial charge in [-0.2, -0.15) is 0 Å². The molecule has 0 aromatic carbocycles. The highest BCUT2D eigenvalue weighted by Gasteiger charge is 2.19. The minimum Gasteiger partial charge on any atom is -0.374 e. The van der Waals surface area contributed by atoms with Crippen molar-refractivity contribution in [1.29, 1.82) is 0 Å². The summed E-state index contributed by atoms with van der Waals surface area (Å²) in [7, 11) is 0. The second kappa shape index (κ2) is 6.97. The van der Waals surface area contributed by atoms with Gasteiger partial charge in [0.05, 0.1) is 18.5 Å². The first-order valence-electron chi connectivity index (χ1n) is 6.99. The maximum Gasteiger partial charge on any atom is 0.0963 e. The fourth-order valence-electron chi connectivity index (χ4n) is 2.44. The number of ether oxygens (including phenoxy) is 1. The molecule has 17 heavy (non-hydrogen) atoms. The number of nitrogens with one attached hydrogen (secondary N) is 1. The molecular weight excluding hydrogens is 214 g/mol. The van der Waals surface area contributed by atoms with Gasteiger partial charge in [0.2, 0.25) is 0 Å². The Morgan fingerprint density at radius 2 is 2.35 bits per heavy atom. The lowest BCUT2D eigenvalue weighted by Gasteiger charge is -2.32. The van der Waals surface area contributed by atoms with Gasteiger partial charge in [-0.3, -0.25) is 9.89 Å². The van der Waals surface area contributed by atoms with Crippen LogP contribution in [0.3, 0.4) is 0 Å². The number of morpholine rings is 1. The number of nitrogens with zero attached hydrogens (tertiary/aromatic N) is 2. The Bertz CT molecular complexity index is 255. The van der Waals surface area contributed by atoms with E-state index < -0.39 is 0 Å². The zero-order chi connectivity index (χ0) is 11.9. The highest BCUT2D eigenvalue weighted by Crippen LogP contribution is 2.07. The number of hydrogen-bond acceptors (Lipinski definition) is 4. The van der Waals surface area contributed by atoms with Crippen LogP contribution in [0.25, 0.3) is 0 Å². The van der Waals surface area contributed by atoms with Gasteiger partial charge in [-0.1, -0.05) is 13.3 Å². The van der Waals surface area contributed by atoms with Gasteiger partial charge in [-0.15, -0.1) is 0 Å². The minimum absolute atomic E-state index is 0.328. The summed E-state index contributed by atoms with van der Waals surface area (Å²) in [6.45, 7) is 8.24. The molecule has 1 atom stereocenters. The Balaban J connectivity index is 1.71. The standard InChI is InChI=1S/C13H25N3O/c1-2-16-8-9-17-12(11-16)10-15-13-6-4-3-5-7-14-13/h12H,2-11H2,1H3,(H,14,15). The molecular formula is C13H25N3O. The number of aliphatic imine (C=N–C) groups is 1. The van der Waals surface area contributed by atoms with Crippen LogP contribution < -0.4 is 5.32 Å². The van der Waals surface area contributed by atoms with Crippen molar-refractivity contribution < 1.29 is 4.74 Å². The molecule has 2 heterocycles. The van der Waals surface area contributed by atoms with Crippen LogP contribution in [0.1, 0.15) is 32.6 Å². The van der Waals surface area contributed by atoms with Crippen LogP contribution in [0, 0.1) is 0 Å². The third-order valence-corrected chi connectivity index (χ3v) is 3.58. The Kier molecular flexibility index (Phi) is 5.26. The number of hydrogen-bond donors (Lipinski definition) is 1. The molecule has 4 nitrogen and oxygen atoms in total. The summed E-state index contributed by atoms with van der Waals surface area (Å²) in [5.74, 6) is 1.19. The van der Waals surface area contributed by atoms with Crippen molar-refractivity contribution in [3.05, 3.63) is 0 Å². The second-order valence-corrected chi connectivity index (χ2v) is 4.91. The lowest BCUT2D eigenvalue weighted by atomic mass is 10.2. The predicted octanol–water partition coefficient (Wildman–Crippen LogP) is 1.27. The Labute approximate surface area is 104 Å². The summed E-state index contributed by atoms with van der Waals surface area (Å²) in [5, 5.41) is 3.47. The predicted molar refractivity (Wildman–Crippen MR) is 70.6 cm³/mol. The van der Waals surface area contributed by atoms with E-state index in [1.165, 1.54) is 25.1 Å². The molecule has 0 amide bonds. The van der Waals surface area contributed by atoms with Crippen LogP contribution in [0.4, 0.5) is 0 Å². The summed E-state index contributed by atoms with van der Waals surface area (Å²) in [5.41, 5.74) is 0. The smallest absolute Gasteiger partial charge is 0.0963 e. The van der Waals surface area contributed by atoms with E-state index in [4.69, 9.17) is 4.74 Å². The summed E-state index contributed by atoms with van der Waals surface area (Å²) >= 11 is 0. The average molecular weight is 239 g/mol. The first kappa shape index (κ1) is 12.8. The zero-order valence-corrected chi connectivity index (χ0v) is 11.0. The molecule has 1 N–H and O–H groups in total. The van der Waals surface area contributed by atoms with E-state index in [0.29, 0.717) is 6.10 Å². The van der Waals surface area contributed by atoms with Crippen LogP contribution in [0.2, 0.25) is 0 Å². The van der Waals surface area contributed by atoms with E-state index in [9.17, 15) is 0 Å². The zero-order valence-electron chi connectivity index (χ0n) is 11.0. The first-order valence-corrected chi connectivity index (χ1v) is 6.99. The maximum atomic E-state index is 5.77. The molecule has 0 saturated carbocycles. The Hall–Kier alpha value is -0.610. The molecule has 0 bridgehead atoms. The van der Waals surface area contributed by atoms with Crippen LogP contribution >= 0.6 is 0 Å². The van der Waals surface area contributed by atoms with Gasteiger partial charge in [0, 0.05) is 32.6 Å². The number of rotatable bonds is 3. The third-order valence-electron chi connectivity index (χ3n) is 3.58. The van der Waals surface area contributed by atoms with Crippen molar-refractivity contribution in [3.63, 3.8) is 0 Å². The SMILES string of the molecule is CCN1CCOC(CNC2=NCCCCC2)C1. The van der Waals surface area contributed by atoms with E-state index in [1.807, 2.05) is 0 Å². The van der Waals surface area contributed by atoms with Crippen molar-refractivity contribution in [3.8, 4) is 0 Å². The minimum atomic E-state index is 0.328. The summed E-state index contributed by atoms with van der Waals surface area (Å²) in [4.78, 5) is 7.03. The van der Waals surface area contributed by atoms with E-state index >= 15 is 0 Å². The van der Waals surface area contributed by atoms with Crippen molar-refractivity contribution in [2.24, 2.45) is 4.99 Å². The van der Waals surface area contributed by atoms with Crippen LogP contribution in [0.5, 0.6) is 0 Å². The molecule has 0 aliphatic carbocycles. The first-order chi connectivity index (χ1) is 8.38. The Morgan fingerprint density at radius 1 is 1.41 bits per heavy atom. The van der Waals surface area contributed by atoms with Crippen LogP contribution in [-0.2, 0) is 4.74 Å². The molecule has 1 unspecified atom stereocenters. The summed E-state index contributed by atoms with van der Waals surface area (Å²) in [6, 6.07) is 0. The average Bonchev–Trinajstić information content (AvgIpc) is 2.65. The van der Waals surface area contributed by atoms with Crippen molar-refractivity contribution in [2.45, 2.75) is 38.7 Å². The Morgan fingerprint density at radius 3 is 3.24 bits per heavy atom. The van der Waals surface area contributed by atoms with E-state index in [1.54, 1.807) is 0 Å². The molecule has 2 rings (SSSR count). The summed E-state index contributed by atoms with van der Waals surface area (Å²) < 4.78 is 5.77. The van der Waals surface area contributed by atoms with Gasteiger partial charge >= 0.3 is 0 Å². The third kappa shape index (κ3) is 4.28. The lowest BCUT2D eigenvalue weighted by molar-refractivity contribution is -0.0233. The van der Waals surface area contributed by atoms with Crippen LogP contribution in [-0.4, -0.2) is 56.2 Å². The van der Waals surface area contributed by atoms with Crippen LogP contribution in [0.15, 0.2) is 4.99 Å². The van der Waals surface area contributed by atoms with E-state index in [-0.39, 0.29) is 0 Å². The van der Waals surface area contributed by atoms with Gasteiger partial charge in [0.25, 0.3) is 0 Å². The number of likely N-dealkylation sites (N-methyl/N-ethyl adjacent to an activating group) is 1. The van der Waals surface area contributed by atoms with Gasteiger partial charge in [-0.05, 0) is 19.4 Å². The maximum absolute atomic E-state index is 5.77. The normalized spacial score (nSPS) is 27.4.